The molecule has 0 bridgehead atoms. The Morgan fingerprint density at radius 3 is 2.95 bits per heavy atom. The van der Waals surface area contributed by atoms with Gasteiger partial charge in [-0.25, -0.2) is 4.98 Å². The van der Waals surface area contributed by atoms with Gasteiger partial charge in [0.15, 0.2) is 0 Å². The fourth-order valence-corrected chi connectivity index (χ4v) is 2.45. The third-order valence-electron chi connectivity index (χ3n) is 2.89. The Labute approximate surface area is 120 Å². The predicted octanol–water partition coefficient (Wildman–Crippen LogP) is 3.52. The molecular formula is C14H15BrN2O2. The maximum absolute atomic E-state index is 10.6. The van der Waals surface area contributed by atoms with Crippen LogP contribution in [-0.2, 0) is 4.79 Å². The number of carboxylic acid groups (broad SMARTS) is 1. The molecule has 4 nitrogen and oxygen atoms in total. The predicted molar refractivity (Wildman–Crippen MR) is 79.3 cm³/mol. The van der Waals surface area contributed by atoms with Gasteiger partial charge in [0.05, 0.1) is 0 Å². The number of halogens is 1. The Hall–Kier alpha value is -1.62. The quantitative estimate of drug-likeness (QED) is 0.884. The molecule has 1 aromatic carbocycles. The van der Waals surface area contributed by atoms with Crippen molar-refractivity contribution in [3.8, 4) is 0 Å². The Kier molecular flexibility index (Phi) is 4.37. The highest BCUT2D eigenvalue weighted by atomic mass is 79.9. The van der Waals surface area contributed by atoms with Crippen LogP contribution in [0.2, 0.25) is 0 Å². The topological polar surface area (TPSA) is 62.2 Å². The first-order valence-corrected chi connectivity index (χ1v) is 6.86. The average Bonchev–Trinajstić information content (AvgIpc) is 2.36. The minimum atomic E-state index is -0.775. The van der Waals surface area contributed by atoms with E-state index in [1.54, 1.807) is 6.20 Å². The van der Waals surface area contributed by atoms with Crippen LogP contribution in [0.25, 0.3) is 10.8 Å². The van der Waals surface area contributed by atoms with Gasteiger partial charge in [-0.05, 0) is 18.1 Å². The van der Waals surface area contributed by atoms with Gasteiger partial charge >= 0.3 is 5.97 Å². The first kappa shape index (κ1) is 13.8. The second kappa shape index (κ2) is 6.02. The van der Waals surface area contributed by atoms with Gasteiger partial charge in [0.1, 0.15) is 5.82 Å². The number of benzene rings is 1. The molecule has 0 spiro atoms. The monoisotopic (exact) mass is 322 g/mol. The largest absolute Gasteiger partial charge is 0.481 e. The molecular weight excluding hydrogens is 308 g/mol. The molecule has 2 aromatic rings. The lowest BCUT2D eigenvalue weighted by atomic mass is 10.1. The van der Waals surface area contributed by atoms with E-state index < -0.39 is 5.97 Å². The lowest BCUT2D eigenvalue weighted by molar-refractivity contribution is -0.137. The molecule has 0 amide bonds. The van der Waals surface area contributed by atoms with Crippen molar-refractivity contribution in [2.24, 2.45) is 5.92 Å². The van der Waals surface area contributed by atoms with Gasteiger partial charge in [-0.2, -0.15) is 0 Å². The first-order chi connectivity index (χ1) is 9.08. The van der Waals surface area contributed by atoms with E-state index in [4.69, 9.17) is 5.11 Å². The zero-order valence-corrected chi connectivity index (χ0v) is 12.1. The highest BCUT2D eigenvalue weighted by Crippen LogP contribution is 2.27. The van der Waals surface area contributed by atoms with Crippen molar-refractivity contribution in [3.05, 3.63) is 34.9 Å². The molecule has 19 heavy (non-hydrogen) atoms. The van der Waals surface area contributed by atoms with Crippen molar-refractivity contribution < 1.29 is 9.90 Å². The zero-order chi connectivity index (χ0) is 13.8. The first-order valence-electron chi connectivity index (χ1n) is 6.07. The Morgan fingerprint density at radius 2 is 2.21 bits per heavy atom. The fourth-order valence-electron chi connectivity index (χ4n) is 1.95. The molecule has 0 saturated heterocycles. The number of nitrogens with one attached hydrogen (secondary N) is 1. The molecule has 1 aromatic heterocycles. The van der Waals surface area contributed by atoms with E-state index in [1.807, 2.05) is 31.2 Å². The van der Waals surface area contributed by atoms with Crippen LogP contribution in [0, 0.1) is 5.92 Å². The number of hydrogen-bond acceptors (Lipinski definition) is 3. The average molecular weight is 323 g/mol. The van der Waals surface area contributed by atoms with E-state index in [-0.39, 0.29) is 12.3 Å². The van der Waals surface area contributed by atoms with E-state index >= 15 is 0 Å². The van der Waals surface area contributed by atoms with E-state index in [1.165, 1.54) is 0 Å². The van der Waals surface area contributed by atoms with Crippen LogP contribution in [0.4, 0.5) is 5.82 Å². The Morgan fingerprint density at radius 1 is 1.42 bits per heavy atom. The lowest BCUT2D eigenvalue weighted by Crippen LogP contribution is -2.15. The van der Waals surface area contributed by atoms with E-state index in [0.29, 0.717) is 6.54 Å². The number of aromatic nitrogens is 1. The van der Waals surface area contributed by atoms with Crippen molar-refractivity contribution in [1.29, 1.82) is 0 Å². The van der Waals surface area contributed by atoms with Crippen LogP contribution < -0.4 is 5.32 Å². The summed E-state index contributed by atoms with van der Waals surface area (Å²) in [6.45, 7) is 2.49. The molecule has 0 aliphatic rings. The third kappa shape index (κ3) is 3.44. The number of pyridine rings is 1. The van der Waals surface area contributed by atoms with Crippen LogP contribution in [0.5, 0.6) is 0 Å². The highest BCUT2D eigenvalue weighted by molar-refractivity contribution is 9.10. The SMILES string of the molecule is CC(CNc1nccc2c(Br)cccc12)CC(=O)O. The number of carboxylic acids is 1. The van der Waals surface area contributed by atoms with Crippen LogP contribution >= 0.6 is 15.9 Å². The standard InChI is InChI=1S/C14H15BrN2O2/c1-9(7-13(18)19)8-17-14-11-3-2-4-12(15)10(11)5-6-16-14/h2-6,9H,7-8H2,1H3,(H,16,17)(H,18,19). The summed E-state index contributed by atoms with van der Waals surface area (Å²) in [6, 6.07) is 7.89. The van der Waals surface area contributed by atoms with Crippen LogP contribution in [0.15, 0.2) is 34.9 Å². The second-order valence-electron chi connectivity index (χ2n) is 4.58. The summed E-state index contributed by atoms with van der Waals surface area (Å²) in [4.78, 5) is 14.9. The summed E-state index contributed by atoms with van der Waals surface area (Å²) < 4.78 is 1.02. The fraction of sp³-hybridized carbons (Fsp3) is 0.286. The van der Waals surface area contributed by atoms with E-state index in [0.717, 1.165) is 21.1 Å². The molecule has 2 N–H and O–H groups in total. The van der Waals surface area contributed by atoms with E-state index in [9.17, 15) is 4.79 Å². The molecule has 5 heteroatoms. The number of hydrogen-bond donors (Lipinski definition) is 2. The van der Waals surface area contributed by atoms with Crippen LogP contribution in [-0.4, -0.2) is 22.6 Å². The molecule has 1 heterocycles. The third-order valence-corrected chi connectivity index (χ3v) is 3.59. The minimum Gasteiger partial charge on any atom is -0.481 e. The normalized spacial score (nSPS) is 12.3. The molecule has 0 aliphatic carbocycles. The summed E-state index contributed by atoms with van der Waals surface area (Å²) in [5, 5.41) is 14.1. The van der Waals surface area contributed by atoms with Gasteiger partial charge in [0.2, 0.25) is 0 Å². The van der Waals surface area contributed by atoms with Gasteiger partial charge in [-0.3, -0.25) is 4.79 Å². The summed E-state index contributed by atoms with van der Waals surface area (Å²) in [6.07, 6.45) is 1.90. The zero-order valence-electron chi connectivity index (χ0n) is 10.6. The van der Waals surface area contributed by atoms with Gasteiger partial charge in [0.25, 0.3) is 0 Å². The molecule has 0 saturated carbocycles. The molecule has 100 valence electrons. The van der Waals surface area contributed by atoms with E-state index in [2.05, 4.69) is 26.2 Å². The number of aliphatic carboxylic acids is 1. The number of rotatable bonds is 5. The van der Waals surface area contributed by atoms with Crippen molar-refractivity contribution >= 4 is 38.5 Å². The number of fused-ring (bicyclic) bond motifs is 1. The molecule has 2 rings (SSSR count). The highest BCUT2D eigenvalue weighted by Gasteiger charge is 2.09. The molecule has 0 radical (unpaired) electrons. The molecule has 1 unspecified atom stereocenters. The van der Waals surface area contributed by atoms with Gasteiger partial charge in [-0.15, -0.1) is 0 Å². The maximum atomic E-state index is 10.6. The number of anilines is 1. The summed E-state index contributed by atoms with van der Waals surface area (Å²) in [5.41, 5.74) is 0. The van der Waals surface area contributed by atoms with Crippen molar-refractivity contribution in [3.63, 3.8) is 0 Å². The smallest absolute Gasteiger partial charge is 0.303 e. The summed E-state index contributed by atoms with van der Waals surface area (Å²) in [7, 11) is 0. The Balaban J connectivity index is 2.17. The summed E-state index contributed by atoms with van der Waals surface area (Å²) >= 11 is 3.51. The second-order valence-corrected chi connectivity index (χ2v) is 5.43. The summed E-state index contributed by atoms with van der Waals surface area (Å²) in [5.74, 6) is 0.0701. The van der Waals surface area contributed by atoms with Gasteiger partial charge in [-0.1, -0.05) is 35.0 Å². The molecule has 0 fully saturated rings. The Bertz CT molecular complexity index is 601. The maximum Gasteiger partial charge on any atom is 0.303 e. The van der Waals surface area contributed by atoms with Crippen molar-refractivity contribution in [2.45, 2.75) is 13.3 Å². The van der Waals surface area contributed by atoms with Gasteiger partial charge < -0.3 is 10.4 Å². The lowest BCUT2D eigenvalue weighted by Gasteiger charge is -2.13. The number of carbonyl (C=O) groups is 1. The van der Waals surface area contributed by atoms with Crippen molar-refractivity contribution in [2.75, 3.05) is 11.9 Å². The number of nitrogens with zero attached hydrogens (tertiary/aromatic N) is 1. The molecule has 0 aliphatic heterocycles. The molecule has 1 atom stereocenters. The van der Waals surface area contributed by atoms with Gasteiger partial charge in [0, 0.05) is 34.4 Å². The van der Waals surface area contributed by atoms with Crippen LogP contribution in [0.3, 0.4) is 0 Å². The van der Waals surface area contributed by atoms with Crippen molar-refractivity contribution in [1.82, 2.24) is 4.98 Å². The van der Waals surface area contributed by atoms with Crippen LogP contribution in [0.1, 0.15) is 13.3 Å². The minimum absolute atomic E-state index is 0.0571.